The molecule has 148 valence electrons. The molecule has 0 spiro atoms. The molecule has 1 atom stereocenters. The van der Waals surface area contributed by atoms with E-state index in [-0.39, 0.29) is 11.9 Å². The number of rotatable bonds is 6. The quantitative estimate of drug-likeness (QED) is 0.686. The van der Waals surface area contributed by atoms with E-state index in [0.29, 0.717) is 6.61 Å². The van der Waals surface area contributed by atoms with Gasteiger partial charge in [-0.25, -0.2) is 0 Å². The number of nitrogens with zero attached hydrogens (tertiary/aromatic N) is 2. The Morgan fingerprint density at radius 1 is 1.07 bits per heavy atom. The Labute approximate surface area is 166 Å². The number of piperidine rings is 1. The standard InChI is InChI=1S/C23H28N2O3/c1-2-27-23(26)18-9-7-14-24(17-18)15-8-16-25-19-10-3-5-12-21(19)28-22-13-6-4-11-20(22)25/h3-6,10-13,18H,2,7-9,14-17H2,1H3/t18-/m1/s1. The van der Waals surface area contributed by atoms with Gasteiger partial charge in [0.25, 0.3) is 0 Å². The van der Waals surface area contributed by atoms with Crippen LogP contribution in [0.1, 0.15) is 26.2 Å². The summed E-state index contributed by atoms with van der Waals surface area (Å²) in [6.45, 7) is 6.11. The van der Waals surface area contributed by atoms with Crippen LogP contribution >= 0.6 is 0 Å². The van der Waals surface area contributed by atoms with Crippen LogP contribution in [0.25, 0.3) is 0 Å². The SMILES string of the molecule is CCOC(=O)[C@@H]1CCCN(CCCN2c3ccccc3Oc3ccccc32)C1. The number of carbonyl (C=O) groups excluding carboxylic acids is 1. The molecule has 5 heteroatoms. The maximum Gasteiger partial charge on any atom is 0.310 e. The van der Waals surface area contributed by atoms with Crippen molar-refractivity contribution in [3.05, 3.63) is 48.5 Å². The zero-order chi connectivity index (χ0) is 19.3. The Morgan fingerprint density at radius 3 is 2.43 bits per heavy atom. The van der Waals surface area contributed by atoms with Crippen LogP contribution in [0.5, 0.6) is 11.5 Å². The van der Waals surface area contributed by atoms with Crippen molar-refractivity contribution >= 4 is 17.3 Å². The number of ether oxygens (including phenoxy) is 2. The number of carbonyl (C=O) groups is 1. The van der Waals surface area contributed by atoms with Crippen molar-refractivity contribution in [2.24, 2.45) is 5.92 Å². The van der Waals surface area contributed by atoms with Crippen molar-refractivity contribution < 1.29 is 14.3 Å². The van der Waals surface area contributed by atoms with Crippen LogP contribution in [0.3, 0.4) is 0 Å². The molecule has 1 fully saturated rings. The van der Waals surface area contributed by atoms with Crippen molar-refractivity contribution in [1.29, 1.82) is 0 Å². The number of likely N-dealkylation sites (tertiary alicyclic amines) is 1. The maximum absolute atomic E-state index is 12.1. The highest BCUT2D eigenvalue weighted by molar-refractivity contribution is 5.77. The molecule has 5 nitrogen and oxygen atoms in total. The van der Waals surface area contributed by atoms with Gasteiger partial charge in [-0.15, -0.1) is 0 Å². The van der Waals surface area contributed by atoms with E-state index in [9.17, 15) is 4.79 Å². The van der Waals surface area contributed by atoms with Gasteiger partial charge in [0.2, 0.25) is 0 Å². The minimum absolute atomic E-state index is 0.0264. The molecule has 0 saturated carbocycles. The van der Waals surface area contributed by atoms with Crippen LogP contribution in [0.4, 0.5) is 11.4 Å². The summed E-state index contributed by atoms with van der Waals surface area (Å²) in [6, 6.07) is 16.4. The van der Waals surface area contributed by atoms with Gasteiger partial charge in [-0.2, -0.15) is 0 Å². The van der Waals surface area contributed by atoms with Crippen molar-refractivity contribution in [3.8, 4) is 11.5 Å². The highest BCUT2D eigenvalue weighted by Gasteiger charge is 2.27. The lowest BCUT2D eigenvalue weighted by Crippen LogP contribution is -2.40. The Bertz CT molecular complexity index is 777. The molecule has 0 aromatic heterocycles. The highest BCUT2D eigenvalue weighted by Crippen LogP contribution is 2.46. The van der Waals surface area contributed by atoms with Crippen LogP contribution in [-0.4, -0.2) is 43.7 Å². The van der Waals surface area contributed by atoms with E-state index in [4.69, 9.17) is 9.47 Å². The monoisotopic (exact) mass is 380 g/mol. The predicted octanol–water partition coefficient (Wildman–Crippen LogP) is 4.60. The summed E-state index contributed by atoms with van der Waals surface area (Å²) >= 11 is 0. The third kappa shape index (κ3) is 3.99. The normalized spacial score (nSPS) is 18.8. The average molecular weight is 380 g/mol. The van der Waals surface area contributed by atoms with Crippen molar-refractivity contribution in [3.63, 3.8) is 0 Å². The molecular formula is C23H28N2O3. The molecule has 4 rings (SSSR count). The lowest BCUT2D eigenvalue weighted by molar-refractivity contribution is -0.149. The Balaban J connectivity index is 1.39. The third-order valence-corrected chi connectivity index (χ3v) is 5.51. The van der Waals surface area contributed by atoms with Crippen LogP contribution in [0.2, 0.25) is 0 Å². The number of esters is 1. The van der Waals surface area contributed by atoms with E-state index in [2.05, 4.69) is 34.1 Å². The lowest BCUT2D eigenvalue weighted by Gasteiger charge is -2.34. The number of para-hydroxylation sites is 4. The summed E-state index contributed by atoms with van der Waals surface area (Å²) < 4.78 is 11.3. The molecule has 0 aliphatic carbocycles. The first-order valence-electron chi connectivity index (χ1n) is 10.3. The minimum atomic E-state index is -0.0387. The Kier molecular flexibility index (Phi) is 5.81. The third-order valence-electron chi connectivity index (χ3n) is 5.51. The first-order valence-corrected chi connectivity index (χ1v) is 10.3. The van der Waals surface area contributed by atoms with Gasteiger partial charge in [-0.1, -0.05) is 24.3 Å². The van der Waals surface area contributed by atoms with Crippen LogP contribution in [0.15, 0.2) is 48.5 Å². The number of anilines is 2. The Morgan fingerprint density at radius 2 is 1.75 bits per heavy atom. The van der Waals surface area contributed by atoms with E-state index < -0.39 is 0 Å². The molecule has 2 aromatic carbocycles. The number of hydrogen-bond donors (Lipinski definition) is 0. The van der Waals surface area contributed by atoms with Gasteiger partial charge < -0.3 is 19.3 Å². The number of hydrogen-bond acceptors (Lipinski definition) is 5. The van der Waals surface area contributed by atoms with Gasteiger partial charge >= 0.3 is 5.97 Å². The second kappa shape index (κ2) is 8.65. The molecule has 0 bridgehead atoms. The zero-order valence-electron chi connectivity index (χ0n) is 16.5. The molecule has 2 aliphatic rings. The van der Waals surface area contributed by atoms with Crippen molar-refractivity contribution in [1.82, 2.24) is 4.90 Å². The van der Waals surface area contributed by atoms with Gasteiger partial charge in [0, 0.05) is 13.1 Å². The van der Waals surface area contributed by atoms with Gasteiger partial charge in [-0.05, 0) is 63.5 Å². The predicted molar refractivity (Wildman–Crippen MR) is 110 cm³/mol. The second-order valence-corrected chi connectivity index (χ2v) is 7.43. The van der Waals surface area contributed by atoms with Crippen molar-refractivity contribution in [2.75, 3.05) is 37.7 Å². The first kappa shape index (κ1) is 18.8. The molecule has 0 amide bonds. The fourth-order valence-electron chi connectivity index (χ4n) is 4.19. The summed E-state index contributed by atoms with van der Waals surface area (Å²) in [5.74, 6) is 1.80. The van der Waals surface area contributed by atoms with E-state index in [1.54, 1.807) is 0 Å². The molecule has 0 unspecified atom stereocenters. The van der Waals surface area contributed by atoms with Gasteiger partial charge in [0.05, 0.1) is 23.9 Å². The number of benzene rings is 2. The summed E-state index contributed by atoms with van der Waals surface area (Å²) in [4.78, 5) is 16.8. The van der Waals surface area contributed by atoms with Gasteiger partial charge in [0.1, 0.15) is 0 Å². The van der Waals surface area contributed by atoms with Crippen LogP contribution in [-0.2, 0) is 9.53 Å². The van der Waals surface area contributed by atoms with Gasteiger partial charge in [-0.3, -0.25) is 4.79 Å². The maximum atomic E-state index is 12.1. The summed E-state index contributed by atoms with van der Waals surface area (Å²) in [7, 11) is 0. The zero-order valence-corrected chi connectivity index (χ0v) is 16.5. The molecular weight excluding hydrogens is 352 g/mol. The molecule has 2 heterocycles. The molecule has 2 aliphatic heterocycles. The van der Waals surface area contributed by atoms with E-state index >= 15 is 0 Å². The summed E-state index contributed by atoms with van der Waals surface area (Å²) in [5, 5.41) is 0. The minimum Gasteiger partial charge on any atom is -0.466 e. The largest absolute Gasteiger partial charge is 0.466 e. The molecule has 0 N–H and O–H groups in total. The second-order valence-electron chi connectivity index (χ2n) is 7.43. The first-order chi connectivity index (χ1) is 13.8. The smallest absolute Gasteiger partial charge is 0.310 e. The number of fused-ring (bicyclic) bond motifs is 2. The van der Waals surface area contributed by atoms with Crippen LogP contribution < -0.4 is 9.64 Å². The lowest BCUT2D eigenvalue weighted by atomic mass is 9.98. The summed E-state index contributed by atoms with van der Waals surface area (Å²) in [6.07, 6.45) is 3.03. The topological polar surface area (TPSA) is 42.0 Å². The van der Waals surface area contributed by atoms with Gasteiger partial charge in [0.15, 0.2) is 11.5 Å². The molecule has 1 saturated heterocycles. The van der Waals surface area contributed by atoms with Crippen LogP contribution in [0, 0.1) is 5.92 Å². The molecule has 28 heavy (non-hydrogen) atoms. The molecule has 0 radical (unpaired) electrons. The van der Waals surface area contributed by atoms with E-state index in [1.165, 1.54) is 0 Å². The Hall–Kier alpha value is -2.53. The van der Waals surface area contributed by atoms with E-state index in [1.807, 2.05) is 31.2 Å². The summed E-state index contributed by atoms with van der Waals surface area (Å²) in [5.41, 5.74) is 2.23. The molecule has 2 aromatic rings. The average Bonchev–Trinajstić information content (AvgIpc) is 2.73. The fourth-order valence-corrected chi connectivity index (χ4v) is 4.19. The highest BCUT2D eigenvalue weighted by atomic mass is 16.5. The van der Waals surface area contributed by atoms with E-state index in [0.717, 1.165) is 68.3 Å². The fraction of sp³-hybridized carbons (Fsp3) is 0.435. The van der Waals surface area contributed by atoms with Crippen molar-refractivity contribution in [2.45, 2.75) is 26.2 Å².